The molecule has 1 aromatic heterocycles. The van der Waals surface area contributed by atoms with Crippen LogP contribution in [0, 0.1) is 13.8 Å². The Kier molecular flexibility index (Phi) is 6.19. The van der Waals surface area contributed by atoms with Crippen LogP contribution in [0.25, 0.3) is 5.69 Å². The number of para-hydroxylation sites is 1. The first-order valence-corrected chi connectivity index (χ1v) is 9.58. The number of benzene rings is 2. The zero-order valence-corrected chi connectivity index (χ0v) is 17.3. The van der Waals surface area contributed by atoms with Crippen molar-refractivity contribution < 1.29 is 22.8 Å². The molecule has 2 aromatic carbocycles. The summed E-state index contributed by atoms with van der Waals surface area (Å²) < 4.78 is 41.8. The van der Waals surface area contributed by atoms with E-state index in [9.17, 15) is 22.8 Å². The van der Waals surface area contributed by atoms with Gasteiger partial charge in [0, 0.05) is 22.8 Å². The Hall–Kier alpha value is -3.55. The lowest BCUT2D eigenvalue weighted by Crippen LogP contribution is -2.15. The van der Waals surface area contributed by atoms with Crippen molar-refractivity contribution >= 4 is 23.1 Å². The monoisotopic (exact) mass is 429 g/mol. The number of aryl methyl sites for hydroxylation is 1. The Labute approximate surface area is 177 Å². The maximum absolute atomic E-state index is 13.5. The molecule has 0 unspecified atom stereocenters. The van der Waals surface area contributed by atoms with Crippen LogP contribution in [0.1, 0.15) is 34.2 Å². The van der Waals surface area contributed by atoms with Gasteiger partial charge in [0.2, 0.25) is 0 Å². The molecule has 0 aliphatic rings. The van der Waals surface area contributed by atoms with Crippen molar-refractivity contribution in [1.82, 2.24) is 4.57 Å². The number of nitrogens with one attached hydrogen (secondary N) is 2. The van der Waals surface area contributed by atoms with Gasteiger partial charge in [-0.2, -0.15) is 13.2 Å². The van der Waals surface area contributed by atoms with E-state index in [2.05, 4.69) is 10.6 Å². The summed E-state index contributed by atoms with van der Waals surface area (Å²) in [5.41, 5.74) is 1.68. The van der Waals surface area contributed by atoms with E-state index in [1.807, 2.05) is 0 Å². The minimum absolute atomic E-state index is 0.000155. The predicted molar refractivity (Wildman–Crippen MR) is 114 cm³/mol. The van der Waals surface area contributed by atoms with Gasteiger partial charge in [-0.1, -0.05) is 12.1 Å². The topological polar surface area (TPSA) is 63.1 Å². The summed E-state index contributed by atoms with van der Waals surface area (Å²) in [6.45, 7) is 4.96. The van der Waals surface area contributed by atoms with Gasteiger partial charge < -0.3 is 15.2 Å². The van der Waals surface area contributed by atoms with Crippen molar-refractivity contribution in [2.75, 3.05) is 17.2 Å². The standard InChI is InChI=1S/C23H22F3N3O2/c1-14-12-19(16(3)29(14)21-7-5-4-6-20(21)23(24,25)26)22(31)28-18-10-8-17(9-11-18)27-13-15(2)30/h4-12,27H,13H2,1-3H3,(H,28,31). The van der Waals surface area contributed by atoms with Crippen LogP contribution >= 0.6 is 0 Å². The molecule has 5 nitrogen and oxygen atoms in total. The van der Waals surface area contributed by atoms with Gasteiger partial charge in [0.1, 0.15) is 5.78 Å². The van der Waals surface area contributed by atoms with Crippen molar-refractivity contribution in [2.45, 2.75) is 26.9 Å². The fourth-order valence-corrected chi connectivity index (χ4v) is 3.37. The molecule has 0 saturated carbocycles. The Bertz CT molecular complexity index is 1120. The number of ketones is 1. The fourth-order valence-electron chi connectivity index (χ4n) is 3.37. The summed E-state index contributed by atoms with van der Waals surface area (Å²) in [5, 5.41) is 5.71. The summed E-state index contributed by atoms with van der Waals surface area (Å²) in [4.78, 5) is 23.8. The first-order chi connectivity index (χ1) is 14.6. The number of hydrogen-bond donors (Lipinski definition) is 2. The molecule has 162 valence electrons. The van der Waals surface area contributed by atoms with Crippen LogP contribution in [-0.2, 0) is 11.0 Å². The third-order valence-electron chi connectivity index (χ3n) is 4.81. The molecule has 3 rings (SSSR count). The van der Waals surface area contributed by atoms with Crippen LogP contribution in [0.2, 0.25) is 0 Å². The number of carbonyl (C=O) groups excluding carboxylic acids is 2. The van der Waals surface area contributed by atoms with Crippen molar-refractivity contribution in [2.24, 2.45) is 0 Å². The van der Waals surface area contributed by atoms with Gasteiger partial charge in [-0.05, 0) is 63.2 Å². The minimum atomic E-state index is -4.51. The Morgan fingerprint density at radius 2 is 1.58 bits per heavy atom. The normalized spacial score (nSPS) is 11.3. The second kappa shape index (κ2) is 8.67. The van der Waals surface area contributed by atoms with E-state index < -0.39 is 17.6 Å². The highest BCUT2D eigenvalue weighted by atomic mass is 19.4. The molecule has 0 saturated heterocycles. The zero-order chi connectivity index (χ0) is 22.8. The van der Waals surface area contributed by atoms with Crippen LogP contribution in [0.3, 0.4) is 0 Å². The highest BCUT2D eigenvalue weighted by molar-refractivity contribution is 6.05. The van der Waals surface area contributed by atoms with Gasteiger partial charge >= 0.3 is 6.18 Å². The van der Waals surface area contributed by atoms with Crippen LogP contribution < -0.4 is 10.6 Å². The number of rotatable bonds is 6. The van der Waals surface area contributed by atoms with Crippen LogP contribution in [0.15, 0.2) is 54.6 Å². The molecule has 0 spiro atoms. The van der Waals surface area contributed by atoms with Crippen LogP contribution in [-0.4, -0.2) is 22.8 Å². The number of hydrogen-bond acceptors (Lipinski definition) is 3. The third kappa shape index (κ3) is 4.96. The van der Waals surface area contributed by atoms with Crippen LogP contribution in [0.4, 0.5) is 24.5 Å². The average Bonchev–Trinajstić information content (AvgIpc) is 3.01. The quantitative estimate of drug-likeness (QED) is 0.554. The summed E-state index contributed by atoms with van der Waals surface area (Å²) in [7, 11) is 0. The highest BCUT2D eigenvalue weighted by Gasteiger charge is 2.34. The predicted octanol–water partition coefficient (Wildman–Crippen LogP) is 5.37. The summed E-state index contributed by atoms with van der Waals surface area (Å²) >= 11 is 0. The molecule has 2 N–H and O–H groups in total. The number of halogens is 3. The number of aromatic nitrogens is 1. The molecule has 1 heterocycles. The van der Waals surface area contributed by atoms with E-state index in [-0.39, 0.29) is 23.6 Å². The Morgan fingerprint density at radius 1 is 0.968 bits per heavy atom. The van der Waals surface area contributed by atoms with E-state index in [0.717, 1.165) is 11.8 Å². The first kappa shape index (κ1) is 22.1. The molecule has 3 aromatic rings. The molecule has 31 heavy (non-hydrogen) atoms. The SMILES string of the molecule is CC(=O)CNc1ccc(NC(=O)c2cc(C)n(-c3ccccc3C(F)(F)F)c2C)cc1. The van der Waals surface area contributed by atoms with E-state index >= 15 is 0 Å². The lowest BCUT2D eigenvalue weighted by molar-refractivity contribution is -0.137. The third-order valence-corrected chi connectivity index (χ3v) is 4.81. The number of anilines is 2. The molecule has 0 atom stereocenters. The van der Waals surface area contributed by atoms with Gasteiger partial charge in [-0.15, -0.1) is 0 Å². The molecule has 0 bridgehead atoms. The van der Waals surface area contributed by atoms with Gasteiger partial charge in [-0.3, -0.25) is 9.59 Å². The minimum Gasteiger partial charge on any atom is -0.378 e. The Morgan fingerprint density at radius 3 is 2.19 bits per heavy atom. The number of Topliss-reactive ketones (excluding diaryl/α,β-unsaturated/α-hetero) is 1. The van der Waals surface area contributed by atoms with Crippen molar-refractivity contribution in [3.63, 3.8) is 0 Å². The maximum Gasteiger partial charge on any atom is 0.418 e. The van der Waals surface area contributed by atoms with E-state index in [1.165, 1.54) is 29.7 Å². The average molecular weight is 429 g/mol. The van der Waals surface area contributed by atoms with Crippen molar-refractivity contribution in [3.8, 4) is 5.69 Å². The molecule has 1 amide bonds. The van der Waals surface area contributed by atoms with Gasteiger partial charge in [0.05, 0.1) is 23.4 Å². The van der Waals surface area contributed by atoms with Crippen LogP contribution in [0.5, 0.6) is 0 Å². The molecular formula is C23H22F3N3O2. The molecule has 0 aliphatic carbocycles. The summed E-state index contributed by atoms with van der Waals surface area (Å²) in [6, 6.07) is 13.7. The number of nitrogens with zero attached hydrogens (tertiary/aromatic N) is 1. The molecule has 0 aliphatic heterocycles. The Balaban J connectivity index is 1.86. The fraction of sp³-hybridized carbons (Fsp3) is 0.217. The molecule has 8 heteroatoms. The van der Waals surface area contributed by atoms with Gasteiger partial charge in [0.25, 0.3) is 5.91 Å². The van der Waals surface area contributed by atoms with Crippen molar-refractivity contribution in [1.29, 1.82) is 0 Å². The van der Waals surface area contributed by atoms with Gasteiger partial charge in [-0.25, -0.2) is 0 Å². The second-order valence-electron chi connectivity index (χ2n) is 7.22. The van der Waals surface area contributed by atoms with E-state index in [4.69, 9.17) is 0 Å². The smallest absolute Gasteiger partial charge is 0.378 e. The van der Waals surface area contributed by atoms with Gasteiger partial charge in [0.15, 0.2) is 0 Å². The van der Waals surface area contributed by atoms with E-state index in [1.54, 1.807) is 44.2 Å². The highest BCUT2D eigenvalue weighted by Crippen LogP contribution is 2.35. The largest absolute Gasteiger partial charge is 0.418 e. The summed E-state index contributed by atoms with van der Waals surface area (Å²) in [5.74, 6) is -0.423. The lowest BCUT2D eigenvalue weighted by atomic mass is 10.1. The number of alkyl halides is 3. The maximum atomic E-state index is 13.5. The summed E-state index contributed by atoms with van der Waals surface area (Å²) in [6.07, 6.45) is -4.51. The number of amides is 1. The lowest BCUT2D eigenvalue weighted by Gasteiger charge is -2.16. The molecule has 0 fully saturated rings. The zero-order valence-electron chi connectivity index (χ0n) is 17.3. The molecular weight excluding hydrogens is 407 g/mol. The first-order valence-electron chi connectivity index (χ1n) is 9.58. The van der Waals surface area contributed by atoms with Crippen molar-refractivity contribution in [3.05, 3.63) is 77.1 Å². The number of carbonyl (C=O) groups is 2. The molecule has 0 radical (unpaired) electrons. The second-order valence-corrected chi connectivity index (χ2v) is 7.22. The van der Waals surface area contributed by atoms with E-state index in [0.29, 0.717) is 17.1 Å².